The van der Waals surface area contributed by atoms with Crippen LogP contribution in [-0.4, -0.2) is 29.3 Å². The Balaban J connectivity index is 1.93. The van der Waals surface area contributed by atoms with Gasteiger partial charge in [0.05, 0.1) is 0 Å². The van der Waals surface area contributed by atoms with Gasteiger partial charge in [-0.15, -0.1) is 0 Å². The van der Waals surface area contributed by atoms with Crippen LogP contribution in [0.4, 0.5) is 5.69 Å². The molecule has 108 valence electrons. The molecule has 1 aromatic carbocycles. The van der Waals surface area contributed by atoms with Crippen LogP contribution in [0.2, 0.25) is 0 Å². The van der Waals surface area contributed by atoms with Gasteiger partial charge in [-0.3, -0.25) is 9.59 Å². The summed E-state index contributed by atoms with van der Waals surface area (Å²) in [6.45, 7) is 1.69. The monoisotopic (exact) mass is 274 g/mol. The Morgan fingerprint density at radius 3 is 2.40 bits per heavy atom. The third kappa shape index (κ3) is 4.08. The minimum atomic E-state index is -0.128. The van der Waals surface area contributed by atoms with Gasteiger partial charge in [0.25, 0.3) is 0 Å². The summed E-state index contributed by atoms with van der Waals surface area (Å²) >= 11 is 0. The molecule has 0 spiro atoms. The van der Waals surface area contributed by atoms with Gasteiger partial charge in [0, 0.05) is 18.7 Å². The van der Waals surface area contributed by atoms with Gasteiger partial charge >= 0.3 is 0 Å². The summed E-state index contributed by atoms with van der Waals surface area (Å²) in [5, 5.41) is 2.83. The first-order valence-corrected chi connectivity index (χ1v) is 7.29. The molecule has 4 nitrogen and oxygen atoms in total. The molecule has 1 aliphatic rings. The molecule has 1 fully saturated rings. The van der Waals surface area contributed by atoms with Gasteiger partial charge in [-0.2, -0.15) is 0 Å². The maximum atomic E-state index is 12.1. The predicted octanol–water partition coefficient (Wildman–Crippen LogP) is 2.81. The molecular weight excluding hydrogens is 252 g/mol. The van der Waals surface area contributed by atoms with Crippen LogP contribution in [0, 0.1) is 0 Å². The largest absolute Gasteiger partial charge is 0.331 e. The summed E-state index contributed by atoms with van der Waals surface area (Å²) in [4.78, 5) is 25.6. The van der Waals surface area contributed by atoms with Crippen molar-refractivity contribution in [2.24, 2.45) is 0 Å². The maximum absolute atomic E-state index is 12.1. The summed E-state index contributed by atoms with van der Waals surface area (Å²) in [7, 11) is 0. The van der Waals surface area contributed by atoms with Gasteiger partial charge in [0.2, 0.25) is 11.8 Å². The Morgan fingerprint density at radius 2 is 1.80 bits per heavy atom. The zero-order chi connectivity index (χ0) is 14.4. The highest BCUT2D eigenvalue weighted by Gasteiger charge is 2.24. The highest BCUT2D eigenvalue weighted by atomic mass is 16.2. The summed E-state index contributed by atoms with van der Waals surface area (Å²) in [6, 6.07) is 9.56. The molecule has 20 heavy (non-hydrogen) atoms. The van der Waals surface area contributed by atoms with Crippen LogP contribution in [0.25, 0.3) is 0 Å². The van der Waals surface area contributed by atoms with Gasteiger partial charge in [-0.05, 0) is 25.0 Å². The molecule has 0 radical (unpaired) electrons. The first-order chi connectivity index (χ1) is 9.66. The number of rotatable bonds is 4. The number of nitrogens with zero attached hydrogens (tertiary/aromatic N) is 1. The number of hydrogen-bond donors (Lipinski definition) is 1. The van der Waals surface area contributed by atoms with Crippen LogP contribution >= 0.6 is 0 Å². The van der Waals surface area contributed by atoms with Gasteiger partial charge in [-0.25, -0.2) is 0 Å². The van der Waals surface area contributed by atoms with Gasteiger partial charge in [0.1, 0.15) is 6.54 Å². The minimum absolute atomic E-state index is 0.0138. The normalized spacial score (nSPS) is 15.7. The van der Waals surface area contributed by atoms with Crippen LogP contribution in [0.3, 0.4) is 0 Å². The van der Waals surface area contributed by atoms with Gasteiger partial charge < -0.3 is 10.2 Å². The first kappa shape index (κ1) is 14.6. The van der Waals surface area contributed by atoms with E-state index in [1.54, 1.807) is 11.8 Å². The average Bonchev–Trinajstić information content (AvgIpc) is 2.46. The van der Waals surface area contributed by atoms with Crippen LogP contribution in [-0.2, 0) is 9.59 Å². The molecule has 4 heteroatoms. The standard InChI is InChI=1S/C16H22N2O2/c1-13(19)18(15-10-6-3-7-11-15)12-16(20)17-14-8-4-2-5-9-14/h2,4-5,8-9,15H,3,6-7,10-12H2,1H3,(H,17,20). The van der Waals surface area contributed by atoms with Crippen molar-refractivity contribution in [2.45, 2.75) is 45.1 Å². The highest BCUT2D eigenvalue weighted by molar-refractivity contribution is 5.94. The molecule has 1 N–H and O–H groups in total. The van der Waals surface area contributed by atoms with Crippen molar-refractivity contribution in [1.29, 1.82) is 0 Å². The number of para-hydroxylation sites is 1. The molecule has 0 heterocycles. The van der Waals surface area contributed by atoms with E-state index in [4.69, 9.17) is 0 Å². The third-order valence-corrected chi connectivity index (χ3v) is 3.79. The molecule has 1 saturated carbocycles. The van der Waals surface area contributed by atoms with E-state index in [0.717, 1.165) is 31.4 Å². The van der Waals surface area contributed by atoms with Gasteiger partial charge in [0.15, 0.2) is 0 Å². The molecule has 0 saturated heterocycles. The fourth-order valence-corrected chi connectivity index (χ4v) is 2.77. The highest BCUT2D eigenvalue weighted by Crippen LogP contribution is 2.22. The Hall–Kier alpha value is -1.84. The predicted molar refractivity (Wildman–Crippen MR) is 79.3 cm³/mol. The Labute approximate surface area is 120 Å². The number of hydrogen-bond acceptors (Lipinski definition) is 2. The lowest BCUT2D eigenvalue weighted by molar-refractivity contribution is -0.135. The van der Waals surface area contributed by atoms with E-state index < -0.39 is 0 Å². The number of carbonyl (C=O) groups is 2. The molecule has 0 unspecified atom stereocenters. The SMILES string of the molecule is CC(=O)N(CC(=O)Nc1ccccc1)C1CCCCC1. The second-order valence-electron chi connectivity index (χ2n) is 5.35. The lowest BCUT2D eigenvalue weighted by Gasteiger charge is -2.33. The molecule has 0 aliphatic heterocycles. The quantitative estimate of drug-likeness (QED) is 0.917. The van der Waals surface area contributed by atoms with Crippen molar-refractivity contribution in [1.82, 2.24) is 4.90 Å². The second-order valence-corrected chi connectivity index (χ2v) is 5.35. The van der Waals surface area contributed by atoms with Crippen LogP contribution in [0.5, 0.6) is 0 Å². The van der Waals surface area contributed by atoms with E-state index >= 15 is 0 Å². The van der Waals surface area contributed by atoms with Crippen molar-refractivity contribution in [3.8, 4) is 0 Å². The Bertz CT molecular complexity index is 453. The molecule has 2 rings (SSSR count). The molecule has 0 bridgehead atoms. The van der Waals surface area contributed by atoms with Crippen LogP contribution < -0.4 is 5.32 Å². The lowest BCUT2D eigenvalue weighted by Crippen LogP contribution is -2.44. The molecule has 1 aromatic rings. The zero-order valence-corrected chi connectivity index (χ0v) is 12.0. The van der Waals surface area contributed by atoms with E-state index in [9.17, 15) is 9.59 Å². The van der Waals surface area contributed by atoms with Crippen molar-refractivity contribution in [2.75, 3.05) is 11.9 Å². The van der Waals surface area contributed by atoms with Crippen molar-refractivity contribution < 1.29 is 9.59 Å². The van der Waals surface area contributed by atoms with E-state index in [0.29, 0.717) is 0 Å². The molecule has 0 atom stereocenters. The Morgan fingerprint density at radius 1 is 1.15 bits per heavy atom. The molecular formula is C16H22N2O2. The first-order valence-electron chi connectivity index (χ1n) is 7.29. The number of nitrogens with one attached hydrogen (secondary N) is 1. The smallest absolute Gasteiger partial charge is 0.244 e. The number of carbonyl (C=O) groups excluding carboxylic acids is 2. The van der Waals surface area contributed by atoms with E-state index in [-0.39, 0.29) is 24.4 Å². The van der Waals surface area contributed by atoms with Gasteiger partial charge in [-0.1, -0.05) is 37.5 Å². The third-order valence-electron chi connectivity index (χ3n) is 3.79. The Kier molecular flexibility index (Phi) is 5.16. The molecule has 1 aliphatic carbocycles. The minimum Gasteiger partial charge on any atom is -0.331 e. The van der Waals surface area contributed by atoms with Crippen molar-refractivity contribution in [3.05, 3.63) is 30.3 Å². The van der Waals surface area contributed by atoms with Crippen molar-refractivity contribution >= 4 is 17.5 Å². The summed E-state index contributed by atoms with van der Waals surface area (Å²) < 4.78 is 0. The molecule has 2 amide bonds. The fraction of sp³-hybridized carbons (Fsp3) is 0.500. The molecule has 0 aromatic heterocycles. The summed E-state index contributed by atoms with van der Waals surface area (Å²) in [5.41, 5.74) is 0.768. The van der Waals surface area contributed by atoms with E-state index in [1.165, 1.54) is 6.42 Å². The second kappa shape index (κ2) is 7.08. The van der Waals surface area contributed by atoms with Crippen LogP contribution in [0.15, 0.2) is 30.3 Å². The van der Waals surface area contributed by atoms with Crippen molar-refractivity contribution in [3.63, 3.8) is 0 Å². The number of anilines is 1. The topological polar surface area (TPSA) is 49.4 Å². The number of amides is 2. The van der Waals surface area contributed by atoms with E-state index in [2.05, 4.69) is 5.32 Å². The summed E-state index contributed by atoms with van der Waals surface area (Å²) in [5.74, 6) is -0.142. The summed E-state index contributed by atoms with van der Waals surface area (Å²) in [6.07, 6.45) is 5.55. The maximum Gasteiger partial charge on any atom is 0.244 e. The van der Waals surface area contributed by atoms with Crippen LogP contribution in [0.1, 0.15) is 39.0 Å². The lowest BCUT2D eigenvalue weighted by atomic mass is 9.94. The zero-order valence-electron chi connectivity index (χ0n) is 12.0. The fourth-order valence-electron chi connectivity index (χ4n) is 2.77. The number of benzene rings is 1. The van der Waals surface area contributed by atoms with E-state index in [1.807, 2.05) is 30.3 Å². The average molecular weight is 274 g/mol.